The zero-order chi connectivity index (χ0) is 34.0. The molecule has 0 saturated heterocycles. The number of aryl methyl sites for hydroxylation is 1. The summed E-state index contributed by atoms with van der Waals surface area (Å²) in [4.78, 5) is 10.1. The number of nitrogens with zero attached hydrogens (tertiary/aromatic N) is 3. The summed E-state index contributed by atoms with van der Waals surface area (Å²) >= 11 is 0. The Kier molecular flexibility index (Phi) is 8.47. The van der Waals surface area contributed by atoms with Crippen molar-refractivity contribution in [1.82, 2.24) is 4.98 Å². The number of nitriles is 1. The summed E-state index contributed by atoms with van der Waals surface area (Å²) in [6, 6.07) is 53.8. The molecular formula is C46H37N3. The molecule has 0 bridgehead atoms. The van der Waals surface area contributed by atoms with Gasteiger partial charge in [-0.15, -0.1) is 0 Å². The fraction of sp³-hybridized carbons (Fsp3) is 0.109. The first-order chi connectivity index (χ1) is 24.1. The lowest BCUT2D eigenvalue weighted by Crippen LogP contribution is -2.28. The highest BCUT2D eigenvalue weighted by Crippen LogP contribution is 2.58. The average molecular weight is 632 g/mol. The molecule has 1 aliphatic rings. The zero-order valence-electron chi connectivity index (χ0n) is 28.3. The van der Waals surface area contributed by atoms with Crippen LogP contribution in [0.4, 0.5) is 5.69 Å². The fourth-order valence-electron chi connectivity index (χ4n) is 7.41. The van der Waals surface area contributed by atoms with Gasteiger partial charge in [-0.1, -0.05) is 129 Å². The van der Waals surface area contributed by atoms with Gasteiger partial charge in [-0.2, -0.15) is 5.26 Å². The van der Waals surface area contributed by atoms with Gasteiger partial charge in [0.1, 0.15) is 0 Å². The number of aliphatic imine (C=N–C) groups is 1. The molecule has 8 rings (SSSR count). The van der Waals surface area contributed by atoms with Gasteiger partial charge in [-0.3, -0.25) is 4.99 Å². The van der Waals surface area contributed by atoms with Gasteiger partial charge in [0, 0.05) is 17.2 Å². The van der Waals surface area contributed by atoms with Gasteiger partial charge in [0.05, 0.1) is 33.9 Å². The average Bonchev–Trinajstić information content (AvgIpc) is 3.47. The van der Waals surface area contributed by atoms with E-state index < -0.39 is 5.41 Å². The molecule has 0 unspecified atom stereocenters. The van der Waals surface area contributed by atoms with Crippen LogP contribution in [0.2, 0.25) is 0 Å². The molecule has 236 valence electrons. The summed E-state index contributed by atoms with van der Waals surface area (Å²) in [6.07, 6.45) is 1.83. The summed E-state index contributed by atoms with van der Waals surface area (Å²) in [7, 11) is 0. The molecule has 0 fully saturated rings. The molecule has 7 aromatic rings. The minimum Gasteiger partial charge on any atom is -0.259 e. The fourth-order valence-corrected chi connectivity index (χ4v) is 7.41. The number of pyridine rings is 1. The Morgan fingerprint density at radius 3 is 2.00 bits per heavy atom. The van der Waals surface area contributed by atoms with E-state index in [0.29, 0.717) is 5.56 Å². The largest absolute Gasteiger partial charge is 0.259 e. The molecule has 1 aliphatic carbocycles. The van der Waals surface area contributed by atoms with Gasteiger partial charge in [0.25, 0.3) is 0 Å². The number of aromatic nitrogens is 1. The van der Waals surface area contributed by atoms with Gasteiger partial charge in [-0.25, -0.2) is 4.98 Å². The van der Waals surface area contributed by atoms with Crippen LogP contribution in [0.3, 0.4) is 0 Å². The van der Waals surface area contributed by atoms with Gasteiger partial charge in [0.15, 0.2) is 0 Å². The molecule has 3 heteroatoms. The molecule has 0 amide bonds. The van der Waals surface area contributed by atoms with E-state index in [-0.39, 0.29) is 0 Å². The molecule has 6 aromatic carbocycles. The SMILES string of the molecule is CC.CC=Nc1c(C)ccc2ccc(-c3cc4c(cc3-c3cccc(C#N)c3)-c3ccccc3C4(c3ccccc3)c3ccccc3)nc12. The van der Waals surface area contributed by atoms with Gasteiger partial charge in [-0.05, 0) is 94.3 Å². The number of benzene rings is 6. The Bertz CT molecular complexity index is 2340. The van der Waals surface area contributed by atoms with Crippen LogP contribution >= 0.6 is 0 Å². The molecule has 0 N–H and O–H groups in total. The predicted octanol–water partition coefficient (Wildman–Crippen LogP) is 11.9. The third-order valence-corrected chi connectivity index (χ3v) is 9.47. The molecular weight excluding hydrogens is 595 g/mol. The van der Waals surface area contributed by atoms with Crippen LogP contribution in [-0.2, 0) is 5.41 Å². The molecule has 1 heterocycles. The highest BCUT2D eigenvalue weighted by atomic mass is 14.8. The number of fused-ring (bicyclic) bond motifs is 4. The second-order valence-electron chi connectivity index (χ2n) is 12.1. The standard InChI is InChI=1S/C44H31N3.C2H6/c1-3-46-42-29(2)21-22-31-23-24-41(47-43(31)42)38-27-40-37(26-36(38)32-14-12-13-30(25-32)28-45)35-19-10-11-20-39(35)44(40,33-15-6-4-7-16-33)34-17-8-5-9-18-34;1-2/h3-27H,1-2H3;1-2H3. The molecule has 0 saturated carbocycles. The van der Waals surface area contributed by atoms with E-state index in [0.717, 1.165) is 44.5 Å². The van der Waals surface area contributed by atoms with Crippen molar-refractivity contribution in [1.29, 1.82) is 5.26 Å². The minimum absolute atomic E-state index is 0.540. The monoisotopic (exact) mass is 631 g/mol. The van der Waals surface area contributed by atoms with Crippen molar-refractivity contribution in [3.63, 3.8) is 0 Å². The summed E-state index contributed by atoms with van der Waals surface area (Å²) in [6.45, 7) is 8.02. The molecule has 0 spiro atoms. The number of hydrogen-bond donors (Lipinski definition) is 0. The summed E-state index contributed by atoms with van der Waals surface area (Å²) in [5.74, 6) is 0. The van der Waals surface area contributed by atoms with Crippen molar-refractivity contribution >= 4 is 22.8 Å². The Balaban J connectivity index is 0.00000186. The summed E-state index contributed by atoms with van der Waals surface area (Å²) in [5.41, 5.74) is 14.1. The molecule has 3 nitrogen and oxygen atoms in total. The van der Waals surface area contributed by atoms with E-state index in [1.54, 1.807) is 0 Å². The lowest BCUT2D eigenvalue weighted by molar-refractivity contribution is 0.769. The van der Waals surface area contributed by atoms with Crippen molar-refractivity contribution in [2.75, 3.05) is 0 Å². The first-order valence-electron chi connectivity index (χ1n) is 16.9. The van der Waals surface area contributed by atoms with E-state index in [1.165, 1.54) is 33.4 Å². The highest BCUT2D eigenvalue weighted by molar-refractivity contribution is 5.97. The van der Waals surface area contributed by atoms with Crippen LogP contribution in [0.1, 0.15) is 54.2 Å². The third kappa shape index (κ3) is 5.14. The van der Waals surface area contributed by atoms with Crippen LogP contribution in [-0.4, -0.2) is 11.2 Å². The maximum Gasteiger partial charge on any atom is 0.0991 e. The zero-order valence-corrected chi connectivity index (χ0v) is 28.3. The van der Waals surface area contributed by atoms with Gasteiger partial charge in [0.2, 0.25) is 0 Å². The lowest BCUT2D eigenvalue weighted by atomic mass is 9.67. The van der Waals surface area contributed by atoms with Crippen molar-refractivity contribution < 1.29 is 0 Å². The molecule has 0 aliphatic heterocycles. The van der Waals surface area contributed by atoms with E-state index in [2.05, 4.69) is 140 Å². The van der Waals surface area contributed by atoms with Gasteiger partial charge < -0.3 is 0 Å². The highest BCUT2D eigenvalue weighted by Gasteiger charge is 2.46. The van der Waals surface area contributed by atoms with E-state index in [9.17, 15) is 5.26 Å². The van der Waals surface area contributed by atoms with Crippen molar-refractivity contribution in [2.45, 2.75) is 33.1 Å². The normalized spacial score (nSPS) is 12.6. The molecule has 49 heavy (non-hydrogen) atoms. The summed E-state index contributed by atoms with van der Waals surface area (Å²) < 4.78 is 0. The third-order valence-electron chi connectivity index (χ3n) is 9.47. The molecule has 0 radical (unpaired) electrons. The van der Waals surface area contributed by atoms with Gasteiger partial charge >= 0.3 is 0 Å². The Hall–Kier alpha value is -6.11. The second-order valence-corrected chi connectivity index (χ2v) is 12.1. The first kappa shape index (κ1) is 31.5. The van der Waals surface area contributed by atoms with Crippen molar-refractivity contribution in [3.05, 3.63) is 179 Å². The Labute approximate surface area is 288 Å². The maximum absolute atomic E-state index is 9.85. The predicted molar refractivity (Wildman–Crippen MR) is 205 cm³/mol. The van der Waals surface area contributed by atoms with Crippen LogP contribution in [0.25, 0.3) is 44.4 Å². The molecule has 0 atom stereocenters. The smallest absolute Gasteiger partial charge is 0.0991 e. The van der Waals surface area contributed by atoms with Crippen molar-refractivity contribution in [2.24, 2.45) is 4.99 Å². The van der Waals surface area contributed by atoms with Crippen LogP contribution in [0, 0.1) is 18.3 Å². The molecule has 1 aromatic heterocycles. The second kappa shape index (κ2) is 13.2. The quantitative estimate of drug-likeness (QED) is 0.177. The minimum atomic E-state index is -0.540. The van der Waals surface area contributed by atoms with Crippen LogP contribution in [0.15, 0.2) is 151 Å². The van der Waals surface area contributed by atoms with Crippen LogP contribution in [0.5, 0.6) is 0 Å². The summed E-state index contributed by atoms with van der Waals surface area (Å²) in [5, 5.41) is 10.9. The van der Waals surface area contributed by atoms with Crippen LogP contribution < -0.4 is 0 Å². The van der Waals surface area contributed by atoms with Crippen molar-refractivity contribution in [3.8, 4) is 39.6 Å². The Morgan fingerprint density at radius 1 is 0.633 bits per heavy atom. The number of rotatable bonds is 5. The maximum atomic E-state index is 9.85. The van der Waals surface area contributed by atoms with E-state index in [1.807, 2.05) is 45.2 Å². The van der Waals surface area contributed by atoms with E-state index >= 15 is 0 Å². The number of hydrogen-bond acceptors (Lipinski definition) is 3. The topological polar surface area (TPSA) is 49.0 Å². The lowest BCUT2D eigenvalue weighted by Gasteiger charge is -2.34. The Morgan fingerprint density at radius 2 is 1.31 bits per heavy atom. The van der Waals surface area contributed by atoms with E-state index in [4.69, 9.17) is 9.98 Å². The first-order valence-corrected chi connectivity index (χ1v) is 16.9.